The number of carbonyl (C=O) groups is 1. The highest BCUT2D eigenvalue weighted by Crippen LogP contribution is 2.07. The maximum Gasteiger partial charge on any atom is 0.220 e. The van der Waals surface area contributed by atoms with Gasteiger partial charge in [0, 0.05) is 18.8 Å². The molecule has 2 heterocycles. The van der Waals surface area contributed by atoms with Crippen molar-refractivity contribution >= 4 is 11.6 Å². The van der Waals surface area contributed by atoms with E-state index in [1.807, 2.05) is 49.7 Å². The summed E-state index contributed by atoms with van der Waals surface area (Å²) in [5.41, 5.74) is 2.99. The minimum Gasteiger partial charge on any atom is -0.350 e. The molecule has 2 aromatic heterocycles. The van der Waals surface area contributed by atoms with E-state index in [-0.39, 0.29) is 5.91 Å². The molecular weight excluding hydrogens is 226 g/mol. The first-order valence-corrected chi connectivity index (χ1v) is 6.25. The quantitative estimate of drug-likeness (QED) is 0.898. The van der Waals surface area contributed by atoms with Gasteiger partial charge in [-0.15, -0.1) is 0 Å². The van der Waals surface area contributed by atoms with Gasteiger partial charge in [-0.2, -0.15) is 0 Å². The van der Waals surface area contributed by atoms with E-state index in [0.717, 1.165) is 11.3 Å². The van der Waals surface area contributed by atoms with E-state index in [2.05, 4.69) is 10.3 Å². The molecule has 0 spiro atoms. The van der Waals surface area contributed by atoms with Crippen LogP contribution in [0, 0.1) is 12.8 Å². The summed E-state index contributed by atoms with van der Waals surface area (Å²) in [6.45, 7) is 6.60. The van der Waals surface area contributed by atoms with Crippen LogP contribution in [-0.4, -0.2) is 15.3 Å². The predicted molar refractivity (Wildman–Crippen MR) is 71.2 cm³/mol. The Morgan fingerprint density at radius 2 is 2.28 bits per heavy atom. The second-order valence-electron chi connectivity index (χ2n) is 5.08. The van der Waals surface area contributed by atoms with Crippen molar-refractivity contribution in [3.05, 3.63) is 35.8 Å². The average Bonchev–Trinajstić information content (AvgIpc) is 2.67. The first-order valence-electron chi connectivity index (χ1n) is 6.25. The topological polar surface area (TPSA) is 46.4 Å². The number of fused-ring (bicyclic) bond motifs is 1. The summed E-state index contributed by atoms with van der Waals surface area (Å²) >= 11 is 0. The van der Waals surface area contributed by atoms with Crippen molar-refractivity contribution in [2.24, 2.45) is 5.92 Å². The summed E-state index contributed by atoms with van der Waals surface area (Å²) in [7, 11) is 0. The summed E-state index contributed by atoms with van der Waals surface area (Å²) in [6, 6.07) is 4.06. The number of pyridine rings is 1. The molecule has 0 radical (unpaired) electrons. The Hall–Kier alpha value is -1.84. The molecule has 1 N–H and O–H groups in total. The third-order valence-electron chi connectivity index (χ3n) is 2.73. The van der Waals surface area contributed by atoms with Gasteiger partial charge in [0.1, 0.15) is 5.65 Å². The molecule has 4 heteroatoms. The summed E-state index contributed by atoms with van der Waals surface area (Å²) in [6.07, 6.45) is 4.49. The summed E-state index contributed by atoms with van der Waals surface area (Å²) in [4.78, 5) is 16.0. The number of aromatic nitrogens is 2. The number of nitrogens with one attached hydrogen (secondary N) is 1. The molecular formula is C14H19N3O. The van der Waals surface area contributed by atoms with Gasteiger partial charge in [0.05, 0.1) is 12.2 Å². The fourth-order valence-electron chi connectivity index (χ4n) is 1.85. The van der Waals surface area contributed by atoms with Crippen LogP contribution < -0.4 is 5.32 Å². The third-order valence-corrected chi connectivity index (χ3v) is 2.73. The summed E-state index contributed by atoms with van der Waals surface area (Å²) < 4.78 is 1.97. The van der Waals surface area contributed by atoms with Crippen molar-refractivity contribution in [3.8, 4) is 0 Å². The number of hydrogen-bond donors (Lipinski definition) is 1. The molecule has 2 aromatic rings. The largest absolute Gasteiger partial charge is 0.350 e. The molecule has 96 valence electrons. The second-order valence-corrected chi connectivity index (χ2v) is 5.08. The number of imidazole rings is 1. The van der Waals surface area contributed by atoms with Gasteiger partial charge in [-0.3, -0.25) is 4.79 Å². The van der Waals surface area contributed by atoms with E-state index in [1.54, 1.807) is 0 Å². The van der Waals surface area contributed by atoms with Crippen LogP contribution in [0.2, 0.25) is 0 Å². The maximum absolute atomic E-state index is 11.6. The number of hydrogen-bond acceptors (Lipinski definition) is 2. The zero-order valence-corrected chi connectivity index (χ0v) is 11.1. The minimum atomic E-state index is 0.0817. The smallest absolute Gasteiger partial charge is 0.220 e. The minimum absolute atomic E-state index is 0.0817. The van der Waals surface area contributed by atoms with Gasteiger partial charge in [-0.25, -0.2) is 4.98 Å². The molecule has 0 saturated carbocycles. The van der Waals surface area contributed by atoms with Crippen molar-refractivity contribution in [2.75, 3.05) is 0 Å². The zero-order valence-electron chi connectivity index (χ0n) is 11.1. The summed E-state index contributed by atoms with van der Waals surface area (Å²) in [5, 5.41) is 2.89. The number of carbonyl (C=O) groups excluding carboxylic acids is 1. The van der Waals surface area contributed by atoms with E-state index >= 15 is 0 Å². The van der Waals surface area contributed by atoms with E-state index < -0.39 is 0 Å². The molecule has 0 aliphatic heterocycles. The van der Waals surface area contributed by atoms with Crippen LogP contribution in [0.25, 0.3) is 5.65 Å². The lowest BCUT2D eigenvalue weighted by molar-refractivity contribution is -0.121. The monoisotopic (exact) mass is 245 g/mol. The Kier molecular flexibility index (Phi) is 3.65. The molecule has 4 nitrogen and oxygen atoms in total. The van der Waals surface area contributed by atoms with E-state index in [9.17, 15) is 4.79 Å². The van der Waals surface area contributed by atoms with Gasteiger partial charge in [-0.1, -0.05) is 13.8 Å². The fourth-order valence-corrected chi connectivity index (χ4v) is 1.85. The first-order chi connectivity index (χ1) is 8.54. The highest BCUT2D eigenvalue weighted by molar-refractivity contribution is 5.76. The Morgan fingerprint density at radius 1 is 1.50 bits per heavy atom. The Bertz CT molecular complexity index is 557. The zero-order chi connectivity index (χ0) is 13.1. The lowest BCUT2D eigenvalue weighted by atomic mass is 10.1. The first kappa shape index (κ1) is 12.6. The number of amides is 1. The molecule has 1 amide bonds. The van der Waals surface area contributed by atoms with Crippen molar-refractivity contribution in [1.29, 1.82) is 0 Å². The average molecular weight is 245 g/mol. The normalized spacial score (nSPS) is 11.1. The molecule has 0 saturated heterocycles. The predicted octanol–water partition coefficient (Wildman–Crippen LogP) is 2.31. The Labute approximate surface area is 107 Å². The van der Waals surface area contributed by atoms with Crippen LogP contribution in [0.15, 0.2) is 24.5 Å². The molecule has 0 atom stereocenters. The molecule has 0 aromatic carbocycles. The van der Waals surface area contributed by atoms with Crippen molar-refractivity contribution in [2.45, 2.75) is 33.7 Å². The lowest BCUT2D eigenvalue weighted by Gasteiger charge is -2.04. The fraction of sp³-hybridized carbons (Fsp3) is 0.429. The summed E-state index contributed by atoms with van der Waals surface area (Å²) in [5.74, 6) is 0.465. The standard InChI is InChI=1S/C14H19N3O/c1-10(2)6-14(18)15-8-12-9-17-5-4-11(3)7-13(17)16-12/h4-5,7,9-10H,6,8H2,1-3H3,(H,15,18). The van der Waals surface area contributed by atoms with E-state index in [0.29, 0.717) is 18.9 Å². The van der Waals surface area contributed by atoms with Crippen LogP contribution in [0.4, 0.5) is 0 Å². The van der Waals surface area contributed by atoms with Gasteiger partial charge < -0.3 is 9.72 Å². The highest BCUT2D eigenvalue weighted by Gasteiger charge is 2.06. The van der Waals surface area contributed by atoms with E-state index in [4.69, 9.17) is 0 Å². The van der Waals surface area contributed by atoms with Crippen LogP contribution in [0.1, 0.15) is 31.5 Å². The van der Waals surface area contributed by atoms with Gasteiger partial charge in [0.15, 0.2) is 0 Å². The molecule has 0 aliphatic carbocycles. The molecule has 0 bridgehead atoms. The number of aryl methyl sites for hydroxylation is 1. The second kappa shape index (κ2) is 5.21. The van der Waals surface area contributed by atoms with Crippen molar-refractivity contribution in [3.63, 3.8) is 0 Å². The SMILES string of the molecule is Cc1ccn2cc(CNC(=O)CC(C)C)nc2c1. The van der Waals surface area contributed by atoms with E-state index in [1.165, 1.54) is 5.56 Å². The van der Waals surface area contributed by atoms with Crippen molar-refractivity contribution in [1.82, 2.24) is 14.7 Å². The van der Waals surface area contributed by atoms with Gasteiger partial charge >= 0.3 is 0 Å². The van der Waals surface area contributed by atoms with Crippen LogP contribution in [-0.2, 0) is 11.3 Å². The third kappa shape index (κ3) is 3.09. The lowest BCUT2D eigenvalue weighted by Crippen LogP contribution is -2.24. The van der Waals surface area contributed by atoms with Crippen LogP contribution in [0.3, 0.4) is 0 Å². The van der Waals surface area contributed by atoms with Gasteiger partial charge in [-0.05, 0) is 30.5 Å². The van der Waals surface area contributed by atoms with Crippen LogP contribution in [0.5, 0.6) is 0 Å². The number of nitrogens with zero attached hydrogens (tertiary/aromatic N) is 2. The van der Waals surface area contributed by atoms with Gasteiger partial charge in [0.2, 0.25) is 5.91 Å². The van der Waals surface area contributed by atoms with Crippen LogP contribution >= 0.6 is 0 Å². The molecule has 0 aliphatic rings. The molecule has 2 rings (SSSR count). The number of rotatable bonds is 4. The highest BCUT2D eigenvalue weighted by atomic mass is 16.1. The van der Waals surface area contributed by atoms with Gasteiger partial charge in [0.25, 0.3) is 0 Å². The maximum atomic E-state index is 11.6. The molecule has 0 fully saturated rings. The molecule has 0 unspecified atom stereocenters. The van der Waals surface area contributed by atoms with Crippen molar-refractivity contribution < 1.29 is 4.79 Å². The Morgan fingerprint density at radius 3 is 3.00 bits per heavy atom. The Balaban J connectivity index is 2.02. The molecule has 18 heavy (non-hydrogen) atoms.